The van der Waals surface area contributed by atoms with E-state index in [0.717, 1.165) is 6.42 Å². The van der Waals surface area contributed by atoms with Gasteiger partial charge in [-0.3, -0.25) is 0 Å². The first-order valence-electron chi connectivity index (χ1n) is 6.91. The van der Waals surface area contributed by atoms with Gasteiger partial charge in [0.05, 0.1) is 19.3 Å². The minimum absolute atomic E-state index is 0.0275. The first-order chi connectivity index (χ1) is 9.79. The molecule has 0 saturated carbocycles. The van der Waals surface area contributed by atoms with Crippen molar-refractivity contribution in [1.82, 2.24) is 0 Å². The van der Waals surface area contributed by atoms with Crippen LogP contribution in [0.25, 0.3) is 0 Å². The average Bonchev–Trinajstić information content (AvgIpc) is 3.22. The van der Waals surface area contributed by atoms with Crippen LogP contribution in [0.4, 0.5) is 0 Å². The fourth-order valence-corrected chi connectivity index (χ4v) is 1.89. The molecule has 1 saturated heterocycles. The van der Waals surface area contributed by atoms with Gasteiger partial charge in [-0.15, -0.1) is 0 Å². The molecule has 0 unspecified atom stereocenters. The van der Waals surface area contributed by atoms with Gasteiger partial charge >= 0.3 is 5.97 Å². The number of ether oxygens (including phenoxy) is 3. The van der Waals surface area contributed by atoms with Crippen LogP contribution in [0.1, 0.15) is 18.9 Å². The van der Waals surface area contributed by atoms with Crippen LogP contribution in [0.5, 0.6) is 0 Å². The molecule has 1 aromatic rings. The second-order valence-electron chi connectivity index (χ2n) is 4.58. The second-order valence-corrected chi connectivity index (χ2v) is 4.58. The lowest BCUT2D eigenvalue weighted by Crippen LogP contribution is -2.02. The molecule has 1 heterocycles. The van der Waals surface area contributed by atoms with Gasteiger partial charge < -0.3 is 14.2 Å². The van der Waals surface area contributed by atoms with E-state index in [2.05, 4.69) is 0 Å². The lowest BCUT2D eigenvalue weighted by molar-refractivity contribution is -0.137. The van der Waals surface area contributed by atoms with E-state index in [1.165, 1.54) is 11.6 Å². The van der Waals surface area contributed by atoms with Crippen molar-refractivity contribution in [1.29, 1.82) is 0 Å². The van der Waals surface area contributed by atoms with Crippen molar-refractivity contribution in [3.63, 3.8) is 0 Å². The quantitative estimate of drug-likeness (QED) is 0.317. The third-order valence-corrected chi connectivity index (χ3v) is 2.99. The average molecular weight is 276 g/mol. The van der Waals surface area contributed by atoms with Gasteiger partial charge in [0.2, 0.25) is 0 Å². The Labute approximate surface area is 119 Å². The van der Waals surface area contributed by atoms with Gasteiger partial charge in [-0.05, 0) is 25.0 Å². The van der Waals surface area contributed by atoms with Gasteiger partial charge in [0.1, 0.15) is 6.10 Å². The summed E-state index contributed by atoms with van der Waals surface area (Å²) in [4.78, 5) is 11.1. The number of esters is 1. The molecule has 0 bridgehead atoms. The highest BCUT2D eigenvalue weighted by Gasteiger charge is 2.35. The highest BCUT2D eigenvalue weighted by Crippen LogP contribution is 2.26. The number of carbonyl (C=O) groups is 1. The van der Waals surface area contributed by atoms with E-state index >= 15 is 0 Å². The van der Waals surface area contributed by atoms with E-state index in [1.807, 2.05) is 30.3 Å². The Kier molecular flexibility index (Phi) is 5.77. The predicted molar refractivity (Wildman–Crippen MR) is 75.1 cm³/mol. The normalized spacial score (nSPS) is 21.1. The highest BCUT2D eigenvalue weighted by atomic mass is 16.6. The summed E-state index contributed by atoms with van der Waals surface area (Å²) < 4.78 is 15.8. The summed E-state index contributed by atoms with van der Waals surface area (Å²) in [6, 6.07) is 10.1. The molecule has 0 spiro atoms. The SMILES string of the molecule is CCOC(=O)/C=C/[C@@H]1O[C@@H]1CCOCc1ccccc1. The van der Waals surface area contributed by atoms with Gasteiger partial charge in [0, 0.05) is 12.7 Å². The first-order valence-corrected chi connectivity index (χ1v) is 6.91. The standard InChI is InChI=1S/C16H20O4/c1-2-19-16(17)9-8-14-15(20-14)10-11-18-12-13-6-4-3-5-7-13/h3-9,14-15H,2,10-12H2,1H3/b9-8+/t14-,15+/m0/s1. The Morgan fingerprint density at radius 2 is 2.15 bits per heavy atom. The van der Waals surface area contributed by atoms with Crippen molar-refractivity contribution >= 4 is 5.97 Å². The smallest absolute Gasteiger partial charge is 0.330 e. The Bertz CT molecular complexity index is 441. The fraction of sp³-hybridized carbons (Fsp3) is 0.438. The number of benzene rings is 1. The van der Waals surface area contributed by atoms with Crippen molar-refractivity contribution in [2.24, 2.45) is 0 Å². The maximum Gasteiger partial charge on any atom is 0.330 e. The van der Waals surface area contributed by atoms with Crippen molar-refractivity contribution in [3.8, 4) is 0 Å². The predicted octanol–water partition coefficient (Wildman–Crippen LogP) is 2.48. The largest absolute Gasteiger partial charge is 0.463 e. The first kappa shape index (κ1) is 14.8. The highest BCUT2D eigenvalue weighted by molar-refractivity contribution is 5.82. The molecular formula is C16H20O4. The van der Waals surface area contributed by atoms with Gasteiger partial charge in [-0.2, -0.15) is 0 Å². The van der Waals surface area contributed by atoms with Crippen LogP contribution in [0.15, 0.2) is 42.5 Å². The lowest BCUT2D eigenvalue weighted by Gasteiger charge is -2.02. The molecule has 4 nitrogen and oxygen atoms in total. The van der Waals surface area contributed by atoms with Crippen LogP contribution in [-0.2, 0) is 25.6 Å². The Balaban J connectivity index is 1.55. The number of carbonyl (C=O) groups excluding carboxylic acids is 1. The molecule has 0 radical (unpaired) electrons. The molecule has 4 heteroatoms. The molecule has 0 aliphatic carbocycles. The van der Waals surface area contributed by atoms with Crippen LogP contribution in [0, 0.1) is 0 Å². The molecular weight excluding hydrogens is 256 g/mol. The fourth-order valence-electron chi connectivity index (χ4n) is 1.89. The molecule has 0 N–H and O–H groups in total. The van der Waals surface area contributed by atoms with Crippen LogP contribution in [-0.4, -0.2) is 31.4 Å². The lowest BCUT2D eigenvalue weighted by atomic mass is 10.2. The summed E-state index contributed by atoms with van der Waals surface area (Å²) in [5, 5.41) is 0. The minimum Gasteiger partial charge on any atom is -0.463 e. The van der Waals surface area contributed by atoms with E-state index in [1.54, 1.807) is 13.0 Å². The van der Waals surface area contributed by atoms with Crippen LogP contribution < -0.4 is 0 Å². The molecule has 1 fully saturated rings. The van der Waals surface area contributed by atoms with Crippen molar-refractivity contribution in [2.75, 3.05) is 13.2 Å². The number of hydrogen-bond acceptors (Lipinski definition) is 4. The van der Waals surface area contributed by atoms with Crippen LogP contribution in [0.3, 0.4) is 0 Å². The van der Waals surface area contributed by atoms with Crippen molar-refractivity contribution < 1.29 is 19.0 Å². The van der Waals surface area contributed by atoms with E-state index in [4.69, 9.17) is 14.2 Å². The van der Waals surface area contributed by atoms with Gasteiger partial charge in [-0.25, -0.2) is 4.79 Å². The number of epoxide rings is 1. The minimum atomic E-state index is -0.318. The Morgan fingerprint density at radius 3 is 2.90 bits per heavy atom. The summed E-state index contributed by atoms with van der Waals surface area (Å²) in [7, 11) is 0. The maximum atomic E-state index is 11.1. The summed E-state index contributed by atoms with van der Waals surface area (Å²) in [5.74, 6) is -0.318. The molecule has 1 aromatic carbocycles. The summed E-state index contributed by atoms with van der Waals surface area (Å²) >= 11 is 0. The molecule has 2 rings (SSSR count). The van der Waals surface area contributed by atoms with Crippen LogP contribution in [0.2, 0.25) is 0 Å². The molecule has 2 atom stereocenters. The van der Waals surface area contributed by atoms with Crippen molar-refractivity contribution in [3.05, 3.63) is 48.0 Å². The molecule has 20 heavy (non-hydrogen) atoms. The summed E-state index contributed by atoms with van der Waals surface area (Å²) in [6.45, 7) is 3.46. The Hall–Kier alpha value is -1.65. The van der Waals surface area contributed by atoms with Crippen LogP contribution >= 0.6 is 0 Å². The molecule has 108 valence electrons. The second kappa shape index (κ2) is 7.82. The van der Waals surface area contributed by atoms with Gasteiger partial charge in [0.15, 0.2) is 0 Å². The Morgan fingerprint density at radius 1 is 1.35 bits per heavy atom. The number of rotatable bonds is 8. The molecule has 1 aliphatic rings. The monoisotopic (exact) mass is 276 g/mol. The third kappa shape index (κ3) is 5.15. The zero-order valence-corrected chi connectivity index (χ0v) is 11.7. The molecule has 0 aromatic heterocycles. The van der Waals surface area contributed by atoms with Crippen molar-refractivity contribution in [2.45, 2.75) is 32.2 Å². The topological polar surface area (TPSA) is 48.1 Å². The molecule has 0 amide bonds. The maximum absolute atomic E-state index is 11.1. The van der Waals surface area contributed by atoms with E-state index in [0.29, 0.717) is 19.8 Å². The number of hydrogen-bond donors (Lipinski definition) is 0. The zero-order valence-electron chi connectivity index (χ0n) is 11.7. The third-order valence-electron chi connectivity index (χ3n) is 2.99. The summed E-state index contributed by atoms with van der Waals surface area (Å²) in [5.41, 5.74) is 1.17. The van der Waals surface area contributed by atoms with Gasteiger partial charge in [0.25, 0.3) is 0 Å². The van der Waals surface area contributed by atoms with Gasteiger partial charge in [-0.1, -0.05) is 30.3 Å². The van der Waals surface area contributed by atoms with E-state index < -0.39 is 0 Å². The van der Waals surface area contributed by atoms with E-state index in [9.17, 15) is 4.79 Å². The summed E-state index contributed by atoms with van der Waals surface area (Å²) in [6.07, 6.45) is 4.21. The zero-order chi connectivity index (χ0) is 14.2. The van der Waals surface area contributed by atoms with E-state index in [-0.39, 0.29) is 18.2 Å². The molecule has 1 aliphatic heterocycles.